The molecule has 116 valence electrons. The first kappa shape index (κ1) is 15.9. The average molecular weight is 289 g/mol. The first-order valence-electron chi connectivity index (χ1n) is 8.22. The zero-order chi connectivity index (χ0) is 15.1. The van der Waals surface area contributed by atoms with E-state index in [4.69, 9.17) is 4.74 Å². The minimum absolute atomic E-state index is 0.0332. The Balaban J connectivity index is 1.91. The number of aryl methyl sites for hydroxylation is 1. The van der Waals surface area contributed by atoms with Gasteiger partial charge < -0.3 is 10.1 Å². The number of carbonyl (C=O) groups is 1. The largest absolute Gasteiger partial charge is 0.481 e. The Morgan fingerprint density at radius 2 is 2.00 bits per heavy atom. The summed E-state index contributed by atoms with van der Waals surface area (Å²) in [4.78, 5) is 12.4. The van der Waals surface area contributed by atoms with Crippen molar-refractivity contribution >= 4 is 5.91 Å². The van der Waals surface area contributed by atoms with Gasteiger partial charge in [0.25, 0.3) is 5.91 Å². The minimum atomic E-state index is -0.393. The number of amides is 1. The number of carbonyl (C=O) groups excluding carboxylic acids is 1. The summed E-state index contributed by atoms with van der Waals surface area (Å²) >= 11 is 0. The van der Waals surface area contributed by atoms with Crippen LogP contribution in [0.25, 0.3) is 0 Å². The monoisotopic (exact) mass is 289 g/mol. The summed E-state index contributed by atoms with van der Waals surface area (Å²) in [6.45, 7) is 4.02. The van der Waals surface area contributed by atoms with Gasteiger partial charge in [0.15, 0.2) is 6.10 Å². The Labute approximate surface area is 128 Å². The second kappa shape index (κ2) is 8.06. The molecule has 1 aromatic rings. The molecule has 0 heterocycles. The summed E-state index contributed by atoms with van der Waals surface area (Å²) in [5.74, 6) is 0.809. The molecule has 1 aliphatic carbocycles. The van der Waals surface area contributed by atoms with E-state index < -0.39 is 6.10 Å². The molecule has 3 nitrogen and oxygen atoms in total. The molecule has 0 aliphatic heterocycles. The molecule has 0 saturated heterocycles. The molecule has 1 fully saturated rings. The molecule has 1 saturated carbocycles. The van der Waals surface area contributed by atoms with E-state index in [-0.39, 0.29) is 5.91 Å². The van der Waals surface area contributed by atoms with Crippen molar-refractivity contribution in [2.24, 2.45) is 0 Å². The maximum atomic E-state index is 12.4. The van der Waals surface area contributed by atoms with E-state index in [0.717, 1.165) is 24.2 Å². The number of nitrogens with one attached hydrogen (secondary N) is 1. The quantitative estimate of drug-likeness (QED) is 0.832. The van der Waals surface area contributed by atoms with Gasteiger partial charge in [0.05, 0.1) is 0 Å². The van der Waals surface area contributed by atoms with Crippen LogP contribution in [0.3, 0.4) is 0 Å². The van der Waals surface area contributed by atoms with E-state index in [2.05, 4.69) is 5.32 Å². The van der Waals surface area contributed by atoms with Crippen LogP contribution in [0, 0.1) is 6.92 Å². The molecule has 1 atom stereocenters. The Bertz CT molecular complexity index is 450. The second-order valence-corrected chi connectivity index (χ2v) is 6.03. The summed E-state index contributed by atoms with van der Waals surface area (Å²) in [6.07, 6.45) is 7.54. The molecule has 1 aromatic carbocycles. The van der Waals surface area contributed by atoms with Crippen molar-refractivity contribution in [1.82, 2.24) is 5.32 Å². The Morgan fingerprint density at radius 3 is 2.62 bits per heavy atom. The number of hydrogen-bond donors (Lipinski definition) is 1. The summed E-state index contributed by atoms with van der Waals surface area (Å²) in [6, 6.07) is 8.20. The summed E-state index contributed by atoms with van der Waals surface area (Å²) in [5.41, 5.74) is 1.14. The minimum Gasteiger partial charge on any atom is -0.481 e. The highest BCUT2D eigenvalue weighted by Crippen LogP contribution is 2.19. The smallest absolute Gasteiger partial charge is 0.261 e. The van der Waals surface area contributed by atoms with Crippen molar-refractivity contribution in [2.45, 2.75) is 70.9 Å². The standard InChI is InChI=1S/C18H27NO2/c1-3-17(21-16-12-8-9-14(2)13-16)18(20)19-15-10-6-4-5-7-11-15/h8-9,12-13,15,17H,3-7,10-11H2,1-2H3,(H,19,20)/t17-/m1/s1. The highest BCUT2D eigenvalue weighted by atomic mass is 16.5. The van der Waals surface area contributed by atoms with Crippen molar-refractivity contribution in [1.29, 1.82) is 0 Å². The molecule has 0 unspecified atom stereocenters. The lowest BCUT2D eigenvalue weighted by molar-refractivity contribution is -0.128. The Morgan fingerprint density at radius 1 is 1.29 bits per heavy atom. The zero-order valence-corrected chi connectivity index (χ0v) is 13.2. The van der Waals surface area contributed by atoms with Gasteiger partial charge in [0.2, 0.25) is 0 Å². The molecule has 1 amide bonds. The topological polar surface area (TPSA) is 38.3 Å². The SMILES string of the molecule is CC[C@@H](Oc1cccc(C)c1)C(=O)NC1CCCCCC1. The number of ether oxygens (including phenoxy) is 1. The van der Waals surface area contributed by atoms with E-state index >= 15 is 0 Å². The molecule has 0 aromatic heterocycles. The molecule has 1 N–H and O–H groups in total. The highest BCUT2D eigenvalue weighted by Gasteiger charge is 2.22. The van der Waals surface area contributed by atoms with Crippen LogP contribution in [0.2, 0.25) is 0 Å². The molecule has 0 spiro atoms. The van der Waals surface area contributed by atoms with E-state index in [1.54, 1.807) is 0 Å². The molecule has 0 radical (unpaired) electrons. The van der Waals surface area contributed by atoms with Gasteiger partial charge in [-0.2, -0.15) is 0 Å². The predicted octanol–water partition coefficient (Wildman–Crippen LogP) is 3.99. The highest BCUT2D eigenvalue weighted by molar-refractivity contribution is 5.81. The fourth-order valence-electron chi connectivity index (χ4n) is 2.89. The van der Waals surface area contributed by atoms with Crippen LogP contribution in [-0.2, 0) is 4.79 Å². The number of hydrogen-bond acceptors (Lipinski definition) is 2. The summed E-state index contributed by atoms with van der Waals surface area (Å²) in [5, 5.41) is 3.18. The van der Waals surface area contributed by atoms with Crippen molar-refractivity contribution < 1.29 is 9.53 Å². The average Bonchev–Trinajstić information content (AvgIpc) is 2.73. The molecule has 21 heavy (non-hydrogen) atoms. The lowest BCUT2D eigenvalue weighted by Gasteiger charge is -2.22. The van der Waals surface area contributed by atoms with E-state index in [1.165, 1.54) is 25.7 Å². The third-order valence-electron chi connectivity index (χ3n) is 4.13. The van der Waals surface area contributed by atoms with Gasteiger partial charge in [-0.25, -0.2) is 0 Å². The van der Waals surface area contributed by atoms with Gasteiger partial charge in [0, 0.05) is 6.04 Å². The van der Waals surface area contributed by atoms with Gasteiger partial charge in [0.1, 0.15) is 5.75 Å². The van der Waals surface area contributed by atoms with Crippen LogP contribution < -0.4 is 10.1 Å². The van der Waals surface area contributed by atoms with Crippen molar-refractivity contribution in [2.75, 3.05) is 0 Å². The molecular formula is C18H27NO2. The molecule has 2 rings (SSSR count). The van der Waals surface area contributed by atoms with Gasteiger partial charge in [-0.3, -0.25) is 4.79 Å². The van der Waals surface area contributed by atoms with Crippen LogP contribution in [0.5, 0.6) is 5.75 Å². The third-order valence-corrected chi connectivity index (χ3v) is 4.13. The molecular weight excluding hydrogens is 262 g/mol. The van der Waals surface area contributed by atoms with Crippen LogP contribution in [0.4, 0.5) is 0 Å². The van der Waals surface area contributed by atoms with Gasteiger partial charge in [-0.1, -0.05) is 44.7 Å². The van der Waals surface area contributed by atoms with Crippen molar-refractivity contribution in [3.63, 3.8) is 0 Å². The molecule has 1 aliphatic rings. The maximum absolute atomic E-state index is 12.4. The lowest BCUT2D eigenvalue weighted by atomic mass is 10.1. The van der Waals surface area contributed by atoms with Gasteiger partial charge in [-0.05, 0) is 43.9 Å². The third kappa shape index (κ3) is 5.07. The summed E-state index contributed by atoms with van der Waals surface area (Å²) in [7, 11) is 0. The van der Waals surface area contributed by atoms with Crippen LogP contribution in [0.1, 0.15) is 57.4 Å². The van der Waals surface area contributed by atoms with Gasteiger partial charge >= 0.3 is 0 Å². The Hall–Kier alpha value is -1.51. The maximum Gasteiger partial charge on any atom is 0.261 e. The fraction of sp³-hybridized carbons (Fsp3) is 0.611. The van der Waals surface area contributed by atoms with E-state index in [1.807, 2.05) is 38.1 Å². The second-order valence-electron chi connectivity index (χ2n) is 6.03. The predicted molar refractivity (Wildman–Crippen MR) is 85.5 cm³/mol. The van der Waals surface area contributed by atoms with Crippen molar-refractivity contribution in [3.8, 4) is 5.75 Å². The number of rotatable bonds is 5. The zero-order valence-electron chi connectivity index (χ0n) is 13.2. The normalized spacial score (nSPS) is 17.8. The Kier molecular flexibility index (Phi) is 6.09. The van der Waals surface area contributed by atoms with Crippen LogP contribution >= 0.6 is 0 Å². The first-order valence-corrected chi connectivity index (χ1v) is 8.22. The van der Waals surface area contributed by atoms with E-state index in [0.29, 0.717) is 12.5 Å². The van der Waals surface area contributed by atoms with Crippen LogP contribution in [-0.4, -0.2) is 18.1 Å². The first-order chi connectivity index (χ1) is 10.2. The van der Waals surface area contributed by atoms with Gasteiger partial charge in [-0.15, -0.1) is 0 Å². The molecule has 0 bridgehead atoms. The van der Waals surface area contributed by atoms with E-state index in [9.17, 15) is 4.79 Å². The summed E-state index contributed by atoms with van der Waals surface area (Å²) < 4.78 is 5.87. The lowest BCUT2D eigenvalue weighted by Crippen LogP contribution is -2.43. The van der Waals surface area contributed by atoms with Crippen LogP contribution in [0.15, 0.2) is 24.3 Å². The van der Waals surface area contributed by atoms with Crippen molar-refractivity contribution in [3.05, 3.63) is 29.8 Å². The molecule has 3 heteroatoms. The fourth-order valence-corrected chi connectivity index (χ4v) is 2.89. The number of benzene rings is 1.